The maximum atomic E-state index is 9.53. The van der Waals surface area contributed by atoms with E-state index < -0.39 is 12.2 Å². The van der Waals surface area contributed by atoms with Gasteiger partial charge in [0.05, 0.1) is 0 Å². The molecule has 0 unspecified atom stereocenters. The van der Waals surface area contributed by atoms with E-state index in [4.69, 9.17) is 0 Å². The van der Waals surface area contributed by atoms with Gasteiger partial charge in [0.1, 0.15) is 0 Å². The summed E-state index contributed by atoms with van der Waals surface area (Å²) in [6.45, 7) is 6.44. The van der Waals surface area contributed by atoms with Gasteiger partial charge in [-0.3, -0.25) is 0 Å². The van der Waals surface area contributed by atoms with Crippen molar-refractivity contribution in [1.29, 1.82) is 0 Å². The minimum atomic E-state index is -0.417. The van der Waals surface area contributed by atoms with Gasteiger partial charge in [-0.15, -0.1) is 12.2 Å². The zero-order chi connectivity index (χ0) is 7.15. The van der Waals surface area contributed by atoms with Crippen molar-refractivity contribution in [1.82, 2.24) is 0 Å². The van der Waals surface area contributed by atoms with Crippen molar-refractivity contribution in [2.45, 2.75) is 39.9 Å². The fourth-order valence-corrected chi connectivity index (χ4v) is 0. The second kappa shape index (κ2) is 16.5. The van der Waals surface area contributed by atoms with Crippen molar-refractivity contribution in [3.05, 3.63) is 0 Å². The Labute approximate surface area is 84.4 Å². The van der Waals surface area contributed by atoms with Crippen molar-refractivity contribution < 1.29 is 27.0 Å². The molecule has 0 aromatic rings. The topological polar surface area (TPSA) is 46.1 Å². The molecule has 0 heterocycles. The molecule has 0 fully saturated rings. The van der Waals surface area contributed by atoms with E-state index in [0.29, 0.717) is 0 Å². The van der Waals surface area contributed by atoms with E-state index in [1.165, 1.54) is 0 Å². The molecule has 0 N–H and O–H groups in total. The molecule has 0 aliphatic heterocycles. The quantitative estimate of drug-likeness (QED) is 0.481. The van der Waals surface area contributed by atoms with Crippen LogP contribution in [-0.2, 0) is 16.8 Å². The van der Waals surface area contributed by atoms with Gasteiger partial charge in [0.15, 0.2) is 0 Å². The molecule has 4 radical (unpaired) electrons. The number of hydrogen-bond donors (Lipinski definition) is 0. The van der Waals surface area contributed by atoms with Gasteiger partial charge >= 0.3 is 16.8 Å². The second-order valence-electron chi connectivity index (χ2n) is 2.10. The van der Waals surface area contributed by atoms with Gasteiger partial charge in [0, 0.05) is 17.4 Å². The molecule has 0 rings (SSSR count). The third-order valence-corrected chi connectivity index (χ3v) is 0. The summed E-state index contributed by atoms with van der Waals surface area (Å²) in [6, 6.07) is 0. The monoisotopic (exact) mass is 204 g/mol. The summed E-state index contributed by atoms with van der Waals surface area (Å²) in [5, 5.41) is 19.1. The van der Waals surface area contributed by atoms with E-state index in [1.807, 2.05) is 0 Å². The largest absolute Gasteiger partial charge is 2.00 e. The molecule has 0 aromatic heterocycles. The number of rotatable bonds is 0. The summed E-state index contributed by atoms with van der Waals surface area (Å²) < 4.78 is 0. The fourth-order valence-electron chi connectivity index (χ4n) is 0. The summed E-state index contributed by atoms with van der Waals surface area (Å²) in [5.74, 6) is 0. The van der Waals surface area contributed by atoms with Gasteiger partial charge < -0.3 is 10.2 Å². The average molecular weight is 204 g/mol. The van der Waals surface area contributed by atoms with E-state index in [1.54, 1.807) is 27.7 Å². The third-order valence-electron chi connectivity index (χ3n) is 0. The van der Waals surface area contributed by atoms with Gasteiger partial charge in [0.2, 0.25) is 0 Å². The Morgan fingerprint density at radius 1 is 0.800 bits per heavy atom. The van der Waals surface area contributed by atoms with Gasteiger partial charge in [-0.2, -0.15) is 0 Å². The molecule has 0 saturated carbocycles. The molecule has 0 bridgehead atoms. The van der Waals surface area contributed by atoms with Crippen LogP contribution in [0.4, 0.5) is 0 Å². The van der Waals surface area contributed by atoms with Crippen LogP contribution in [-0.4, -0.2) is 29.6 Å². The first-order chi connectivity index (χ1) is 3.46. The summed E-state index contributed by atoms with van der Waals surface area (Å²) in [5.41, 5.74) is 0. The first-order valence-electron chi connectivity index (χ1n) is 2.78. The molecule has 0 atom stereocenters. The average Bonchev–Trinajstić information content (AvgIpc) is 1.25. The molecule has 62 valence electrons. The minimum absolute atomic E-state index is 0. The van der Waals surface area contributed by atoms with Crippen LogP contribution in [0.2, 0.25) is 0 Å². The molecule has 4 heteroatoms. The van der Waals surface area contributed by atoms with Crippen LogP contribution in [0.15, 0.2) is 0 Å². The van der Waals surface area contributed by atoms with Crippen LogP contribution < -0.4 is 10.2 Å². The number of hydrogen-bond acceptors (Lipinski definition) is 2. The maximum Gasteiger partial charge on any atom is 2.00 e. The second-order valence-corrected chi connectivity index (χ2v) is 2.10. The normalized spacial score (nSPS) is 7.20. The Morgan fingerprint density at radius 2 is 0.800 bits per heavy atom. The van der Waals surface area contributed by atoms with Crippen LogP contribution in [0, 0.1) is 0 Å². The molecule has 0 amide bonds. The SMILES string of the molecule is CC(C)[O-].CC(C)[O-].[Al].[Co+2]. The Balaban J connectivity index is -0.0000000300. The summed E-state index contributed by atoms with van der Waals surface area (Å²) in [7, 11) is 0. The van der Waals surface area contributed by atoms with E-state index in [-0.39, 0.29) is 34.1 Å². The molecule has 0 aliphatic carbocycles. The standard InChI is InChI=1S/2C3H7O.Al.Co/c2*1-3(2)4;;/h2*3H,1-2H3;;/q2*-1;;+2. The van der Waals surface area contributed by atoms with Crippen molar-refractivity contribution in [3.63, 3.8) is 0 Å². The van der Waals surface area contributed by atoms with Crippen molar-refractivity contribution in [2.75, 3.05) is 0 Å². The zero-order valence-electron chi connectivity index (χ0n) is 6.88. The van der Waals surface area contributed by atoms with E-state index in [9.17, 15) is 10.2 Å². The van der Waals surface area contributed by atoms with Crippen molar-refractivity contribution >= 4 is 17.4 Å². The van der Waals surface area contributed by atoms with Crippen LogP contribution in [0.25, 0.3) is 0 Å². The van der Waals surface area contributed by atoms with E-state index in [2.05, 4.69) is 0 Å². The molecule has 0 saturated heterocycles. The molecule has 0 aromatic carbocycles. The fraction of sp³-hybridized carbons (Fsp3) is 1.00. The molecule has 2 nitrogen and oxygen atoms in total. The van der Waals surface area contributed by atoms with Crippen LogP contribution in [0.5, 0.6) is 0 Å². The molecule has 0 spiro atoms. The summed E-state index contributed by atoms with van der Waals surface area (Å²) in [4.78, 5) is 0. The van der Waals surface area contributed by atoms with Crippen LogP contribution >= 0.6 is 0 Å². The predicted octanol–water partition coefficient (Wildman–Crippen LogP) is -0.873. The first-order valence-corrected chi connectivity index (χ1v) is 2.78. The Kier molecular flexibility index (Phi) is 37.0. The molecular formula is C6H14AlCoO2. The summed E-state index contributed by atoms with van der Waals surface area (Å²) in [6.07, 6.45) is -0.833. The predicted molar refractivity (Wildman–Crippen MR) is 36.0 cm³/mol. The third kappa shape index (κ3) is 617. The maximum absolute atomic E-state index is 9.53. The van der Waals surface area contributed by atoms with Crippen LogP contribution in [0.3, 0.4) is 0 Å². The van der Waals surface area contributed by atoms with Gasteiger partial charge in [-0.05, 0) is 0 Å². The Hall–Kier alpha value is 0.959. The van der Waals surface area contributed by atoms with E-state index >= 15 is 0 Å². The Morgan fingerprint density at radius 3 is 0.800 bits per heavy atom. The van der Waals surface area contributed by atoms with Crippen LogP contribution in [0.1, 0.15) is 27.7 Å². The molecule has 0 aliphatic rings. The first kappa shape index (κ1) is 22.4. The Bertz CT molecular complexity index is 31.2. The van der Waals surface area contributed by atoms with E-state index in [0.717, 1.165) is 0 Å². The molecule has 10 heavy (non-hydrogen) atoms. The minimum Gasteiger partial charge on any atom is -0.852 e. The van der Waals surface area contributed by atoms with Crippen molar-refractivity contribution in [3.8, 4) is 0 Å². The zero-order valence-corrected chi connectivity index (χ0v) is 9.08. The van der Waals surface area contributed by atoms with Gasteiger partial charge in [-0.25, -0.2) is 0 Å². The summed E-state index contributed by atoms with van der Waals surface area (Å²) >= 11 is 0. The molecular weight excluding hydrogens is 190 g/mol. The van der Waals surface area contributed by atoms with Crippen molar-refractivity contribution in [2.24, 2.45) is 0 Å². The smallest absolute Gasteiger partial charge is 0.852 e. The van der Waals surface area contributed by atoms with Gasteiger partial charge in [-0.1, -0.05) is 27.7 Å². The van der Waals surface area contributed by atoms with Gasteiger partial charge in [0.25, 0.3) is 0 Å².